The summed E-state index contributed by atoms with van der Waals surface area (Å²) in [6.07, 6.45) is 0.835. The van der Waals surface area contributed by atoms with Gasteiger partial charge >= 0.3 is 0 Å². The zero-order valence-corrected chi connectivity index (χ0v) is 11.9. The van der Waals surface area contributed by atoms with Crippen LogP contribution in [0.15, 0.2) is 24.4 Å². The van der Waals surface area contributed by atoms with Gasteiger partial charge < -0.3 is 9.88 Å². The van der Waals surface area contributed by atoms with Gasteiger partial charge in [-0.1, -0.05) is 6.07 Å². The maximum Gasteiger partial charge on any atom is 0.215 e. The van der Waals surface area contributed by atoms with Crippen molar-refractivity contribution in [1.82, 2.24) is 14.6 Å². The Morgan fingerprint density at radius 1 is 1.60 bits per heavy atom. The molecule has 2 aromatic rings. The van der Waals surface area contributed by atoms with Crippen molar-refractivity contribution < 1.29 is 20.8 Å². The molecule has 0 amide bonds. The van der Waals surface area contributed by atoms with Gasteiger partial charge in [0, 0.05) is 33.2 Å². The first kappa shape index (κ1) is 7.06. The topological polar surface area (TPSA) is 65.2 Å². The molecule has 1 heterocycles. The third-order valence-corrected chi connectivity index (χ3v) is 3.67. The second-order valence-electron chi connectivity index (χ2n) is 4.17. The number of nitrogens with zero attached hydrogens (tertiary/aromatic N) is 1. The highest BCUT2D eigenvalue weighted by Gasteiger charge is 2.11. The summed E-state index contributed by atoms with van der Waals surface area (Å²) in [6.45, 7) is -5.01. The van der Waals surface area contributed by atoms with Crippen LogP contribution in [-0.2, 0) is 22.1 Å². The average Bonchev–Trinajstić information content (AvgIpc) is 2.87. The van der Waals surface area contributed by atoms with Gasteiger partial charge in [-0.05, 0) is 50.8 Å². The highest BCUT2D eigenvalue weighted by Crippen LogP contribution is 2.21. The van der Waals surface area contributed by atoms with Crippen LogP contribution in [0, 0.1) is 0 Å². The molecule has 0 bridgehead atoms. The van der Waals surface area contributed by atoms with Crippen LogP contribution in [0.2, 0.25) is 2.82 Å². The van der Waals surface area contributed by atoms with E-state index in [0.717, 1.165) is 19.1 Å². The van der Waals surface area contributed by atoms with Crippen LogP contribution in [0.1, 0.15) is 20.7 Å². The van der Waals surface area contributed by atoms with E-state index < -0.39 is 35.6 Å². The van der Waals surface area contributed by atoms with E-state index >= 15 is 0 Å². The number of sulfonamides is 1. The SMILES string of the molecule is [2H]N(C)S(=O)(=O)C([2H])([2H])c1ccc2c(c1)c(CC([2H])([2H])N(C)C([2H])([2H])[2H])cn2[2H]. The molecule has 5 nitrogen and oxygen atoms in total. The van der Waals surface area contributed by atoms with Gasteiger partial charge in [-0.25, -0.2) is 13.1 Å². The Kier molecular flexibility index (Phi) is 2.10. The van der Waals surface area contributed by atoms with Crippen molar-refractivity contribution in [3.8, 4) is 0 Å². The van der Waals surface area contributed by atoms with Gasteiger partial charge in [-0.2, -0.15) is 0 Å². The third kappa shape index (κ3) is 3.59. The van der Waals surface area contributed by atoms with Crippen LogP contribution >= 0.6 is 0 Å². The molecule has 0 aliphatic rings. The van der Waals surface area contributed by atoms with Gasteiger partial charge in [0.1, 0.15) is 1.41 Å². The Morgan fingerprint density at radius 3 is 3.10 bits per heavy atom. The Labute approximate surface area is 132 Å². The van der Waals surface area contributed by atoms with Crippen LogP contribution in [0.25, 0.3) is 10.9 Å². The second kappa shape index (κ2) is 5.95. The molecule has 1 aromatic heterocycles. The average molecular weight is 304 g/mol. The molecule has 20 heavy (non-hydrogen) atoms. The lowest BCUT2D eigenvalue weighted by Crippen LogP contribution is -2.20. The number of aryl methyl sites for hydroxylation is 1. The molecule has 110 valence electrons. The molecule has 0 fully saturated rings. The first-order valence-electron chi connectivity index (χ1n) is 10.2. The molecule has 0 spiro atoms. The summed E-state index contributed by atoms with van der Waals surface area (Å²) in [4.78, 5) is 1.50. The number of aromatic amines is 1. The first-order chi connectivity index (χ1) is 12.9. The van der Waals surface area contributed by atoms with Crippen molar-refractivity contribution in [1.29, 1.82) is 0 Å². The number of likely N-dealkylation sites (N-methyl/N-ethyl adjacent to an activating group) is 1. The van der Waals surface area contributed by atoms with Gasteiger partial charge in [0.25, 0.3) is 0 Å². The van der Waals surface area contributed by atoms with Crippen LogP contribution < -0.4 is 4.72 Å². The Morgan fingerprint density at radius 2 is 2.40 bits per heavy atom. The van der Waals surface area contributed by atoms with Gasteiger partial charge in [-0.15, -0.1) is 0 Å². The quantitative estimate of drug-likeness (QED) is 0.846. The number of aromatic nitrogens is 1. The molecule has 2 rings (SSSR count). The van der Waals surface area contributed by atoms with Crippen molar-refractivity contribution in [2.75, 3.05) is 27.6 Å². The Bertz CT molecular complexity index is 1020. The monoisotopic (exact) mass is 304 g/mol. The number of rotatable bonds is 6. The number of fused-ring (bicyclic) bond motifs is 1. The lowest BCUT2D eigenvalue weighted by Gasteiger charge is -2.08. The predicted octanol–water partition coefficient (Wildman–Crippen LogP) is 1.32. The van der Waals surface area contributed by atoms with E-state index in [-0.39, 0.29) is 26.7 Å². The van der Waals surface area contributed by atoms with E-state index in [0.29, 0.717) is 4.90 Å². The lowest BCUT2D eigenvalue weighted by molar-refractivity contribution is 0.414. The number of hydrogen-bond donors (Lipinski definition) is 2. The number of benzene rings is 1. The Hall–Kier alpha value is -1.37. The first-order valence-corrected chi connectivity index (χ1v) is 7.22. The maximum absolute atomic E-state index is 12.2. The summed E-state index contributed by atoms with van der Waals surface area (Å²) in [6, 6.07) is 3.69. The molecule has 1 aromatic carbocycles. The summed E-state index contributed by atoms with van der Waals surface area (Å²) in [5, 5.41) is 0.215. The standard InChI is InChI=1S/C14H21N3O2S/c1-15-20(18,19)10-11-4-5-14-13(8-11)12(9-16-14)6-7-17(2)3/h4-5,8-9,15-16H,6-7,10H2,1-3H3/i2D3,7D2,10D2/hD2. The summed E-state index contributed by atoms with van der Waals surface area (Å²) < 4.78 is 94.0. The van der Waals surface area contributed by atoms with E-state index in [2.05, 4.69) is 0 Å². The molecule has 0 radical (unpaired) electrons. The molecule has 0 saturated heterocycles. The van der Waals surface area contributed by atoms with Gasteiger partial charge in [0.15, 0.2) is 1.41 Å². The highest BCUT2D eigenvalue weighted by molar-refractivity contribution is 7.88. The molecule has 0 aliphatic heterocycles. The third-order valence-electron chi connectivity index (χ3n) is 2.70. The molecular weight excluding hydrogens is 274 g/mol. The molecule has 0 aliphatic carbocycles. The molecule has 0 atom stereocenters. The minimum atomic E-state index is -4.65. The van der Waals surface area contributed by atoms with Gasteiger partial charge in [0.2, 0.25) is 10.0 Å². The van der Waals surface area contributed by atoms with Crippen molar-refractivity contribution >= 4 is 20.9 Å². The maximum atomic E-state index is 12.2. The van der Waals surface area contributed by atoms with Crippen molar-refractivity contribution in [3.05, 3.63) is 35.5 Å². The zero-order chi connectivity index (χ0) is 22.6. The fourth-order valence-electron chi connectivity index (χ4n) is 1.73. The van der Waals surface area contributed by atoms with E-state index in [9.17, 15) is 8.42 Å². The van der Waals surface area contributed by atoms with Crippen molar-refractivity contribution in [2.45, 2.75) is 12.1 Å². The molecule has 2 N–H and O–H groups in total. The minimum Gasteiger partial charge on any atom is -0.361 e. The summed E-state index contributed by atoms with van der Waals surface area (Å²) >= 11 is 0. The van der Waals surface area contributed by atoms with Crippen molar-refractivity contribution in [3.63, 3.8) is 0 Å². The molecule has 0 saturated carbocycles. The fourth-order valence-corrected chi connectivity index (χ4v) is 2.24. The molecule has 0 unspecified atom stereocenters. The van der Waals surface area contributed by atoms with Gasteiger partial charge in [0.05, 0.1) is 5.70 Å². The number of nitrogens with one attached hydrogen (secondary N) is 2. The van der Waals surface area contributed by atoms with Crippen LogP contribution in [-0.4, -0.2) is 45.9 Å². The molecule has 6 heteroatoms. The van der Waals surface area contributed by atoms with Crippen LogP contribution in [0.5, 0.6) is 0 Å². The lowest BCUT2D eigenvalue weighted by atomic mass is 10.1. The summed E-state index contributed by atoms with van der Waals surface area (Å²) in [7, 11) is -2.66. The Balaban J connectivity index is 2.59. The normalized spacial score (nSPS) is 21.3. The number of H-pyrrole nitrogens is 1. The van der Waals surface area contributed by atoms with Crippen LogP contribution in [0.4, 0.5) is 0 Å². The van der Waals surface area contributed by atoms with E-state index in [1.165, 1.54) is 24.4 Å². The van der Waals surface area contributed by atoms with E-state index in [4.69, 9.17) is 12.4 Å². The number of hydrogen-bond acceptors (Lipinski definition) is 3. The van der Waals surface area contributed by atoms with Crippen LogP contribution in [0.3, 0.4) is 0 Å². The smallest absolute Gasteiger partial charge is 0.215 e. The minimum absolute atomic E-state index is 0.0255. The second-order valence-corrected chi connectivity index (χ2v) is 5.69. The van der Waals surface area contributed by atoms with E-state index in [1.54, 1.807) is 0 Å². The fraction of sp³-hybridized carbons (Fsp3) is 0.429. The predicted molar refractivity (Wildman–Crippen MR) is 82.2 cm³/mol. The zero-order valence-electron chi connectivity index (χ0n) is 20.1. The molecular formula is C14H21N3O2S. The van der Waals surface area contributed by atoms with E-state index in [1.807, 2.05) is 0 Å². The summed E-state index contributed by atoms with van der Waals surface area (Å²) in [5.74, 6) is 0. The highest BCUT2D eigenvalue weighted by atomic mass is 32.2. The largest absolute Gasteiger partial charge is 0.361 e. The van der Waals surface area contributed by atoms with Crippen molar-refractivity contribution in [2.24, 2.45) is 0 Å². The summed E-state index contributed by atoms with van der Waals surface area (Å²) in [5.41, 5.74) is -2.75. The van der Waals surface area contributed by atoms with Gasteiger partial charge in [-0.3, -0.25) is 0 Å².